The van der Waals surface area contributed by atoms with Crippen LogP contribution in [-0.4, -0.2) is 29.9 Å². The number of carbonyl (C=O) groups is 1. The minimum absolute atomic E-state index is 0.179. The summed E-state index contributed by atoms with van der Waals surface area (Å²) < 4.78 is 0. The molecule has 1 fully saturated rings. The molecule has 0 bridgehead atoms. The molecule has 2 aromatic rings. The van der Waals surface area contributed by atoms with Crippen LogP contribution in [0.15, 0.2) is 41.8 Å². The van der Waals surface area contributed by atoms with Crippen LogP contribution >= 0.6 is 11.3 Å². The molecule has 0 unspecified atom stereocenters. The first kappa shape index (κ1) is 14.1. The van der Waals surface area contributed by atoms with Crippen molar-refractivity contribution in [3.63, 3.8) is 0 Å². The maximum absolute atomic E-state index is 12.3. The normalized spacial score (nSPS) is 16.0. The summed E-state index contributed by atoms with van der Waals surface area (Å²) in [5.41, 5.74) is 2.44. The third-order valence-corrected chi connectivity index (χ3v) is 4.79. The van der Waals surface area contributed by atoms with Crippen LogP contribution in [0.1, 0.15) is 28.1 Å². The number of carbonyl (C=O) groups excluding carboxylic acids is 1. The quantitative estimate of drug-likeness (QED) is 0.935. The fourth-order valence-corrected chi connectivity index (χ4v) is 3.36. The van der Waals surface area contributed by atoms with Crippen LogP contribution in [0.5, 0.6) is 0 Å². The number of nitrogens with one attached hydrogen (secondary N) is 1. The van der Waals surface area contributed by atoms with E-state index in [4.69, 9.17) is 0 Å². The van der Waals surface area contributed by atoms with Gasteiger partial charge in [0.2, 0.25) is 0 Å². The summed E-state index contributed by atoms with van der Waals surface area (Å²) in [6, 6.07) is 12.8. The molecule has 110 valence electrons. The minimum Gasteiger partial charge on any atom is -0.382 e. The third kappa shape index (κ3) is 3.45. The molecule has 0 spiro atoms. The molecule has 1 N–H and O–H groups in total. The van der Waals surface area contributed by atoms with Crippen molar-refractivity contribution < 1.29 is 4.79 Å². The summed E-state index contributed by atoms with van der Waals surface area (Å²) in [5, 5.41) is 5.52. The van der Waals surface area contributed by atoms with E-state index in [1.54, 1.807) is 0 Å². The second kappa shape index (κ2) is 6.31. The summed E-state index contributed by atoms with van der Waals surface area (Å²) in [6.45, 7) is 3.76. The van der Waals surface area contributed by atoms with Crippen molar-refractivity contribution >= 4 is 22.9 Å². The van der Waals surface area contributed by atoms with Crippen LogP contribution < -0.4 is 5.32 Å². The van der Waals surface area contributed by atoms with Crippen molar-refractivity contribution in [2.24, 2.45) is 0 Å². The molecule has 0 aliphatic carbocycles. The van der Waals surface area contributed by atoms with Crippen LogP contribution in [0.2, 0.25) is 0 Å². The van der Waals surface area contributed by atoms with E-state index in [0.29, 0.717) is 6.04 Å². The highest BCUT2D eigenvalue weighted by molar-refractivity contribution is 7.12. The molecule has 21 heavy (non-hydrogen) atoms. The van der Waals surface area contributed by atoms with Gasteiger partial charge in [-0.1, -0.05) is 23.8 Å². The second-order valence-corrected chi connectivity index (χ2v) is 6.50. The molecule has 0 saturated carbocycles. The van der Waals surface area contributed by atoms with Crippen molar-refractivity contribution in [2.45, 2.75) is 25.8 Å². The van der Waals surface area contributed by atoms with Crippen LogP contribution in [0.4, 0.5) is 5.69 Å². The van der Waals surface area contributed by atoms with Gasteiger partial charge in [0.05, 0.1) is 4.88 Å². The Morgan fingerprint density at radius 1 is 1.19 bits per heavy atom. The minimum atomic E-state index is 0.179. The molecule has 1 aromatic heterocycles. The maximum atomic E-state index is 12.3. The number of hydrogen-bond donors (Lipinski definition) is 1. The summed E-state index contributed by atoms with van der Waals surface area (Å²) in [7, 11) is 0. The smallest absolute Gasteiger partial charge is 0.263 e. The first-order chi connectivity index (χ1) is 10.2. The number of hydrogen-bond acceptors (Lipinski definition) is 3. The number of nitrogens with zero attached hydrogens (tertiary/aromatic N) is 1. The number of amides is 1. The van der Waals surface area contributed by atoms with E-state index in [9.17, 15) is 4.79 Å². The van der Waals surface area contributed by atoms with Gasteiger partial charge < -0.3 is 10.2 Å². The number of rotatable bonds is 3. The SMILES string of the molecule is Cc1ccc(NC2CCN(C(=O)c3cccs3)CC2)cc1. The van der Waals surface area contributed by atoms with Gasteiger partial charge in [0, 0.05) is 24.8 Å². The molecule has 2 heterocycles. The maximum Gasteiger partial charge on any atom is 0.263 e. The van der Waals surface area contributed by atoms with Gasteiger partial charge in [0.15, 0.2) is 0 Å². The summed E-state index contributed by atoms with van der Waals surface area (Å²) >= 11 is 1.52. The second-order valence-electron chi connectivity index (χ2n) is 5.55. The van der Waals surface area contributed by atoms with Crippen LogP contribution in [-0.2, 0) is 0 Å². The largest absolute Gasteiger partial charge is 0.382 e. The molecule has 3 nitrogen and oxygen atoms in total. The summed E-state index contributed by atoms with van der Waals surface area (Å²) in [4.78, 5) is 15.1. The molecule has 0 atom stereocenters. The summed E-state index contributed by atoms with van der Waals surface area (Å²) in [5.74, 6) is 0.179. The lowest BCUT2D eigenvalue weighted by molar-refractivity contribution is 0.0723. The van der Waals surface area contributed by atoms with Gasteiger partial charge in [0.1, 0.15) is 0 Å². The van der Waals surface area contributed by atoms with Gasteiger partial charge in [-0.2, -0.15) is 0 Å². The molecule has 1 saturated heterocycles. The van der Waals surface area contributed by atoms with Gasteiger partial charge in [-0.25, -0.2) is 0 Å². The van der Waals surface area contributed by atoms with E-state index in [2.05, 4.69) is 36.5 Å². The average Bonchev–Trinajstić information content (AvgIpc) is 3.04. The van der Waals surface area contributed by atoms with Crippen molar-refractivity contribution in [3.8, 4) is 0 Å². The number of benzene rings is 1. The molecule has 1 amide bonds. The summed E-state index contributed by atoms with van der Waals surface area (Å²) in [6.07, 6.45) is 2.01. The molecule has 1 aliphatic heterocycles. The van der Waals surface area contributed by atoms with Crippen molar-refractivity contribution in [3.05, 3.63) is 52.2 Å². The molecular formula is C17H20N2OS. The average molecular weight is 300 g/mol. The number of thiophene rings is 1. The highest BCUT2D eigenvalue weighted by atomic mass is 32.1. The lowest BCUT2D eigenvalue weighted by atomic mass is 10.0. The van der Waals surface area contributed by atoms with E-state index in [1.165, 1.54) is 22.6 Å². The Morgan fingerprint density at radius 3 is 2.52 bits per heavy atom. The molecule has 3 rings (SSSR count). The Labute approximate surface area is 129 Å². The molecular weight excluding hydrogens is 280 g/mol. The topological polar surface area (TPSA) is 32.3 Å². The number of likely N-dealkylation sites (tertiary alicyclic amines) is 1. The zero-order chi connectivity index (χ0) is 14.7. The van der Waals surface area contributed by atoms with Crippen molar-refractivity contribution in [2.75, 3.05) is 18.4 Å². The standard InChI is InChI=1S/C17H20N2OS/c1-13-4-6-14(7-5-13)18-15-8-10-19(11-9-15)17(20)16-3-2-12-21-16/h2-7,12,15,18H,8-11H2,1H3. The predicted molar refractivity (Wildman–Crippen MR) is 88.0 cm³/mol. The van der Waals surface area contributed by atoms with Crippen molar-refractivity contribution in [1.82, 2.24) is 4.90 Å². The van der Waals surface area contributed by atoms with Crippen molar-refractivity contribution in [1.29, 1.82) is 0 Å². The van der Waals surface area contributed by atoms with E-state index < -0.39 is 0 Å². The first-order valence-corrected chi connectivity index (χ1v) is 8.26. The fourth-order valence-electron chi connectivity index (χ4n) is 2.67. The van der Waals surface area contributed by atoms with Gasteiger partial charge in [0.25, 0.3) is 5.91 Å². The van der Waals surface area contributed by atoms with Gasteiger partial charge in [-0.05, 0) is 43.3 Å². The highest BCUT2D eigenvalue weighted by Crippen LogP contribution is 2.20. The lowest BCUT2D eigenvalue weighted by Crippen LogP contribution is -2.42. The molecule has 4 heteroatoms. The Bertz CT molecular complexity index is 584. The van der Waals surface area contributed by atoms with E-state index in [0.717, 1.165) is 30.8 Å². The van der Waals surface area contributed by atoms with E-state index in [1.807, 2.05) is 22.4 Å². The number of anilines is 1. The van der Waals surface area contributed by atoms with E-state index in [-0.39, 0.29) is 5.91 Å². The Kier molecular flexibility index (Phi) is 4.25. The first-order valence-electron chi connectivity index (χ1n) is 7.38. The number of aryl methyl sites for hydroxylation is 1. The fraction of sp³-hybridized carbons (Fsp3) is 0.353. The Balaban J connectivity index is 1.53. The Morgan fingerprint density at radius 2 is 1.90 bits per heavy atom. The number of piperidine rings is 1. The van der Waals surface area contributed by atoms with Crippen LogP contribution in [0.3, 0.4) is 0 Å². The molecule has 0 radical (unpaired) electrons. The highest BCUT2D eigenvalue weighted by Gasteiger charge is 2.23. The zero-order valence-electron chi connectivity index (χ0n) is 12.2. The Hall–Kier alpha value is -1.81. The lowest BCUT2D eigenvalue weighted by Gasteiger charge is -2.32. The monoisotopic (exact) mass is 300 g/mol. The van der Waals surface area contributed by atoms with Gasteiger partial charge in [-0.15, -0.1) is 11.3 Å². The molecule has 1 aliphatic rings. The van der Waals surface area contributed by atoms with Gasteiger partial charge in [-0.3, -0.25) is 4.79 Å². The molecule has 1 aromatic carbocycles. The third-order valence-electron chi connectivity index (χ3n) is 3.94. The van der Waals surface area contributed by atoms with Crippen LogP contribution in [0, 0.1) is 6.92 Å². The zero-order valence-corrected chi connectivity index (χ0v) is 13.0. The van der Waals surface area contributed by atoms with Crippen LogP contribution in [0.25, 0.3) is 0 Å². The predicted octanol–water partition coefficient (Wildman–Crippen LogP) is 3.77. The van der Waals surface area contributed by atoms with E-state index >= 15 is 0 Å². The van der Waals surface area contributed by atoms with Gasteiger partial charge >= 0.3 is 0 Å².